The van der Waals surface area contributed by atoms with Crippen LogP contribution < -0.4 is 5.32 Å². The maximum Gasteiger partial charge on any atom is 0.257 e. The predicted octanol–water partition coefficient (Wildman–Crippen LogP) is 3.87. The van der Waals surface area contributed by atoms with E-state index in [1.807, 2.05) is 30.3 Å². The quantitative estimate of drug-likeness (QED) is 0.707. The number of rotatable bonds is 5. The number of halogens is 2. The molecular weight excluding hydrogens is 378 g/mol. The molecule has 1 N–H and O–H groups in total. The second-order valence-electron chi connectivity index (χ2n) is 7.02. The summed E-state index contributed by atoms with van der Waals surface area (Å²) in [5.74, 6) is -1.15. The van der Waals surface area contributed by atoms with Gasteiger partial charge in [-0.15, -0.1) is 0 Å². The van der Waals surface area contributed by atoms with Crippen LogP contribution in [0.25, 0.3) is 11.5 Å². The van der Waals surface area contributed by atoms with Crippen LogP contribution in [0, 0.1) is 17.6 Å². The molecule has 1 aliphatic rings. The highest BCUT2D eigenvalue weighted by atomic mass is 19.1. The van der Waals surface area contributed by atoms with E-state index in [1.54, 1.807) is 0 Å². The molecule has 2 heterocycles. The molecular formula is C21H20F2N4O2. The van der Waals surface area contributed by atoms with Crippen LogP contribution in [0.2, 0.25) is 0 Å². The van der Waals surface area contributed by atoms with Gasteiger partial charge in [-0.1, -0.05) is 29.4 Å². The van der Waals surface area contributed by atoms with Gasteiger partial charge in [0.25, 0.3) is 5.89 Å². The van der Waals surface area contributed by atoms with Crippen molar-refractivity contribution in [3.05, 3.63) is 66.0 Å². The van der Waals surface area contributed by atoms with Gasteiger partial charge < -0.3 is 9.84 Å². The fraction of sp³-hybridized carbons (Fsp3) is 0.286. The Balaban J connectivity index is 1.31. The average Bonchev–Trinajstić information content (AvgIpc) is 3.20. The first-order valence-corrected chi connectivity index (χ1v) is 9.45. The lowest BCUT2D eigenvalue weighted by Crippen LogP contribution is -2.38. The molecule has 0 radical (unpaired) electrons. The highest BCUT2D eigenvalue weighted by molar-refractivity contribution is 5.92. The number of amides is 1. The first-order chi connectivity index (χ1) is 14.1. The standard InChI is InChI=1S/C21H20F2N4O2/c22-16-7-4-8-17(23)19(16)25-20(28)14-9-11-27(12-10-14)13-18-24-21(29-26-18)15-5-2-1-3-6-15/h1-8,14H,9-13H2,(H,25,28). The Bertz CT molecular complexity index is 965. The number of nitrogens with zero attached hydrogens (tertiary/aromatic N) is 3. The van der Waals surface area contributed by atoms with E-state index in [2.05, 4.69) is 20.4 Å². The van der Waals surface area contributed by atoms with Gasteiger partial charge in [0, 0.05) is 11.5 Å². The monoisotopic (exact) mass is 398 g/mol. The maximum atomic E-state index is 13.7. The second kappa shape index (κ2) is 8.48. The molecule has 2 aromatic carbocycles. The molecule has 1 saturated heterocycles. The summed E-state index contributed by atoms with van der Waals surface area (Å²) in [6.45, 7) is 1.84. The molecule has 3 aromatic rings. The minimum atomic E-state index is -0.776. The van der Waals surface area contributed by atoms with Crippen molar-refractivity contribution in [1.29, 1.82) is 0 Å². The van der Waals surface area contributed by atoms with Gasteiger partial charge in [0.15, 0.2) is 5.82 Å². The summed E-state index contributed by atoms with van der Waals surface area (Å²) >= 11 is 0. The van der Waals surface area contributed by atoms with Crippen LogP contribution in [0.4, 0.5) is 14.5 Å². The second-order valence-corrected chi connectivity index (χ2v) is 7.02. The smallest absolute Gasteiger partial charge is 0.257 e. The van der Waals surface area contributed by atoms with Crippen LogP contribution in [0.15, 0.2) is 53.1 Å². The van der Waals surface area contributed by atoms with Crippen molar-refractivity contribution in [3.63, 3.8) is 0 Å². The Morgan fingerprint density at radius 3 is 2.45 bits per heavy atom. The summed E-state index contributed by atoms with van der Waals surface area (Å²) in [6.07, 6.45) is 1.18. The molecule has 0 unspecified atom stereocenters. The van der Waals surface area contributed by atoms with Crippen LogP contribution in [-0.4, -0.2) is 34.0 Å². The SMILES string of the molecule is O=C(Nc1c(F)cccc1F)C1CCN(Cc2noc(-c3ccccc3)n2)CC1. The number of nitrogens with one attached hydrogen (secondary N) is 1. The number of benzene rings is 2. The Hall–Kier alpha value is -3.13. The van der Waals surface area contributed by atoms with E-state index in [-0.39, 0.29) is 17.5 Å². The maximum absolute atomic E-state index is 13.7. The average molecular weight is 398 g/mol. The lowest BCUT2D eigenvalue weighted by atomic mass is 9.95. The molecule has 4 rings (SSSR count). The minimum Gasteiger partial charge on any atom is -0.334 e. The number of anilines is 1. The number of hydrogen-bond donors (Lipinski definition) is 1. The van der Waals surface area contributed by atoms with Crippen molar-refractivity contribution in [2.45, 2.75) is 19.4 Å². The Kier molecular flexibility index (Phi) is 5.62. The Morgan fingerprint density at radius 2 is 1.76 bits per heavy atom. The van der Waals surface area contributed by atoms with Gasteiger partial charge in [-0.2, -0.15) is 4.98 Å². The zero-order valence-corrected chi connectivity index (χ0v) is 15.6. The van der Waals surface area contributed by atoms with E-state index in [0.717, 1.165) is 17.7 Å². The molecule has 1 aliphatic heterocycles. The van der Waals surface area contributed by atoms with Gasteiger partial charge in [-0.05, 0) is 50.2 Å². The number of hydrogen-bond acceptors (Lipinski definition) is 5. The summed E-state index contributed by atoms with van der Waals surface area (Å²) in [5, 5.41) is 6.41. The van der Waals surface area contributed by atoms with E-state index in [9.17, 15) is 13.6 Å². The number of carbonyl (C=O) groups is 1. The Labute approximate surface area is 166 Å². The van der Waals surface area contributed by atoms with Crippen molar-refractivity contribution in [1.82, 2.24) is 15.0 Å². The summed E-state index contributed by atoms with van der Waals surface area (Å²) < 4.78 is 32.8. The van der Waals surface area contributed by atoms with Crippen LogP contribution >= 0.6 is 0 Å². The van der Waals surface area contributed by atoms with Crippen molar-refractivity contribution in [2.75, 3.05) is 18.4 Å². The normalized spacial score (nSPS) is 15.4. The molecule has 0 bridgehead atoms. The Morgan fingerprint density at radius 1 is 1.07 bits per heavy atom. The highest BCUT2D eigenvalue weighted by Crippen LogP contribution is 2.24. The third-order valence-electron chi connectivity index (χ3n) is 5.02. The van der Waals surface area contributed by atoms with E-state index in [0.29, 0.717) is 44.2 Å². The van der Waals surface area contributed by atoms with Gasteiger partial charge in [-0.3, -0.25) is 9.69 Å². The molecule has 0 atom stereocenters. The van der Waals surface area contributed by atoms with Crippen molar-refractivity contribution >= 4 is 11.6 Å². The molecule has 0 saturated carbocycles. The molecule has 0 aliphatic carbocycles. The molecule has 8 heteroatoms. The van der Waals surface area contributed by atoms with Crippen LogP contribution in [0.5, 0.6) is 0 Å². The van der Waals surface area contributed by atoms with Gasteiger partial charge >= 0.3 is 0 Å². The molecule has 150 valence electrons. The van der Waals surface area contributed by atoms with Gasteiger partial charge in [0.2, 0.25) is 5.91 Å². The van der Waals surface area contributed by atoms with Gasteiger partial charge in [0.1, 0.15) is 17.3 Å². The lowest BCUT2D eigenvalue weighted by molar-refractivity contribution is -0.121. The predicted molar refractivity (Wildman–Crippen MR) is 103 cm³/mol. The zero-order valence-electron chi connectivity index (χ0n) is 15.6. The topological polar surface area (TPSA) is 71.3 Å². The summed E-state index contributed by atoms with van der Waals surface area (Å²) in [5.41, 5.74) is 0.474. The number of aromatic nitrogens is 2. The first-order valence-electron chi connectivity index (χ1n) is 9.45. The third-order valence-corrected chi connectivity index (χ3v) is 5.02. The van der Waals surface area contributed by atoms with Crippen molar-refractivity contribution in [3.8, 4) is 11.5 Å². The van der Waals surface area contributed by atoms with E-state index < -0.39 is 11.6 Å². The van der Waals surface area contributed by atoms with E-state index >= 15 is 0 Å². The van der Waals surface area contributed by atoms with Crippen LogP contribution in [-0.2, 0) is 11.3 Å². The number of carbonyl (C=O) groups excluding carboxylic acids is 1. The van der Waals surface area contributed by atoms with E-state index in [4.69, 9.17) is 4.52 Å². The zero-order chi connectivity index (χ0) is 20.2. The molecule has 1 fully saturated rings. The highest BCUT2D eigenvalue weighted by Gasteiger charge is 2.27. The fourth-order valence-corrected chi connectivity index (χ4v) is 3.41. The lowest BCUT2D eigenvalue weighted by Gasteiger charge is -2.30. The summed E-state index contributed by atoms with van der Waals surface area (Å²) in [7, 11) is 0. The number of para-hydroxylation sites is 1. The summed E-state index contributed by atoms with van der Waals surface area (Å²) in [4.78, 5) is 18.9. The fourth-order valence-electron chi connectivity index (χ4n) is 3.41. The number of likely N-dealkylation sites (tertiary alicyclic amines) is 1. The first kappa shape index (κ1) is 19.2. The van der Waals surface area contributed by atoms with Gasteiger partial charge in [-0.25, -0.2) is 8.78 Å². The van der Waals surface area contributed by atoms with Crippen LogP contribution in [0.1, 0.15) is 18.7 Å². The largest absolute Gasteiger partial charge is 0.334 e. The van der Waals surface area contributed by atoms with Gasteiger partial charge in [0.05, 0.1) is 6.54 Å². The number of piperidine rings is 1. The molecule has 6 nitrogen and oxygen atoms in total. The molecule has 1 amide bonds. The minimum absolute atomic E-state index is 0.296. The van der Waals surface area contributed by atoms with Crippen molar-refractivity contribution < 1.29 is 18.1 Å². The van der Waals surface area contributed by atoms with Crippen LogP contribution in [0.3, 0.4) is 0 Å². The molecule has 29 heavy (non-hydrogen) atoms. The summed E-state index contributed by atoms with van der Waals surface area (Å²) in [6, 6.07) is 13.0. The van der Waals surface area contributed by atoms with E-state index in [1.165, 1.54) is 6.07 Å². The molecule has 0 spiro atoms. The van der Waals surface area contributed by atoms with Crippen molar-refractivity contribution in [2.24, 2.45) is 5.92 Å². The molecule has 1 aromatic heterocycles. The third kappa shape index (κ3) is 4.48.